The highest BCUT2D eigenvalue weighted by Crippen LogP contribution is 2.39. The Hall–Kier alpha value is -3.16. The van der Waals surface area contributed by atoms with E-state index in [0.29, 0.717) is 37.1 Å². The quantitative estimate of drug-likeness (QED) is 0.194. The number of aromatic nitrogens is 2. The Morgan fingerprint density at radius 3 is 2.55 bits per heavy atom. The van der Waals surface area contributed by atoms with Crippen molar-refractivity contribution >= 4 is 62.4 Å². The zero-order valence-electron chi connectivity index (χ0n) is 21.4. The Morgan fingerprint density at radius 1 is 1.05 bits per heavy atom. The predicted octanol–water partition coefficient (Wildman–Crippen LogP) is 5.04. The number of nitrogens with one attached hydrogen (secondary N) is 2. The second-order valence-electron chi connectivity index (χ2n) is 8.28. The number of carbonyl (C=O) groups is 3. The maximum Gasteiger partial charge on any atom is 0.341 e. The van der Waals surface area contributed by atoms with Gasteiger partial charge in [-0.15, -0.1) is 21.5 Å². The third-order valence-electron chi connectivity index (χ3n) is 5.81. The number of thiophene rings is 1. The van der Waals surface area contributed by atoms with Gasteiger partial charge < -0.3 is 19.5 Å². The molecule has 202 valence electrons. The summed E-state index contributed by atoms with van der Waals surface area (Å²) in [6.07, 6.45) is 3.78. The molecule has 3 aromatic rings. The van der Waals surface area contributed by atoms with Crippen LogP contribution < -0.4 is 20.1 Å². The first kappa shape index (κ1) is 27.9. The number of hydrogen-bond acceptors (Lipinski definition) is 11. The number of benzene rings is 1. The van der Waals surface area contributed by atoms with Crippen molar-refractivity contribution in [2.24, 2.45) is 0 Å². The summed E-state index contributed by atoms with van der Waals surface area (Å²) in [5, 5.41) is 14.1. The largest absolute Gasteiger partial charge is 0.493 e. The molecule has 2 aromatic heterocycles. The molecule has 0 aliphatic heterocycles. The molecule has 0 bridgehead atoms. The van der Waals surface area contributed by atoms with Crippen LogP contribution in [0.4, 0.5) is 10.1 Å². The fraction of sp³-hybridized carbons (Fsp3) is 0.400. The summed E-state index contributed by atoms with van der Waals surface area (Å²) in [5.41, 5.74) is 1.85. The number of fused-ring (bicyclic) bond motifs is 1. The maximum absolute atomic E-state index is 13.0. The highest BCUT2D eigenvalue weighted by molar-refractivity contribution is 8.02. The van der Waals surface area contributed by atoms with Crippen molar-refractivity contribution in [1.29, 1.82) is 0 Å². The summed E-state index contributed by atoms with van der Waals surface area (Å²) in [6.45, 7) is 3.78. The molecular weight excluding hydrogens is 548 g/mol. The summed E-state index contributed by atoms with van der Waals surface area (Å²) in [6, 6.07) is 4.84. The average molecular weight is 577 g/mol. The smallest absolute Gasteiger partial charge is 0.341 e. The Morgan fingerprint density at radius 2 is 1.82 bits per heavy atom. The van der Waals surface area contributed by atoms with E-state index in [1.807, 2.05) is 0 Å². The number of aryl methyl sites for hydroxylation is 1. The third-order valence-corrected chi connectivity index (χ3v) is 9.04. The molecule has 10 nitrogen and oxygen atoms in total. The zero-order valence-corrected chi connectivity index (χ0v) is 23.9. The van der Waals surface area contributed by atoms with E-state index < -0.39 is 11.2 Å². The van der Waals surface area contributed by atoms with E-state index in [0.717, 1.165) is 47.5 Å². The van der Waals surface area contributed by atoms with Gasteiger partial charge in [0.05, 0.1) is 31.6 Å². The number of esters is 1. The van der Waals surface area contributed by atoms with E-state index >= 15 is 0 Å². The number of nitrogens with zero attached hydrogens (tertiary/aromatic N) is 2. The van der Waals surface area contributed by atoms with Crippen LogP contribution >= 0.6 is 34.4 Å². The molecule has 1 aromatic carbocycles. The maximum atomic E-state index is 13.0. The minimum absolute atomic E-state index is 0.259. The zero-order chi connectivity index (χ0) is 27.2. The number of thioether (sulfide) groups is 1. The van der Waals surface area contributed by atoms with Crippen LogP contribution in [-0.2, 0) is 22.4 Å². The van der Waals surface area contributed by atoms with Crippen LogP contribution in [-0.4, -0.2) is 54.1 Å². The highest BCUT2D eigenvalue weighted by atomic mass is 32.2. The van der Waals surface area contributed by atoms with Gasteiger partial charge in [-0.1, -0.05) is 23.1 Å². The first-order valence-corrected chi connectivity index (χ1v) is 14.5. The van der Waals surface area contributed by atoms with E-state index in [4.69, 9.17) is 14.2 Å². The predicted molar refractivity (Wildman–Crippen MR) is 148 cm³/mol. The van der Waals surface area contributed by atoms with Gasteiger partial charge >= 0.3 is 5.97 Å². The lowest BCUT2D eigenvalue weighted by Crippen LogP contribution is -2.23. The number of rotatable bonds is 10. The van der Waals surface area contributed by atoms with Crippen LogP contribution in [0, 0.1) is 0 Å². The first-order valence-electron chi connectivity index (χ1n) is 12.0. The Kier molecular flexibility index (Phi) is 9.23. The summed E-state index contributed by atoms with van der Waals surface area (Å²) in [4.78, 5) is 39.5. The molecular formula is C25H28N4O6S3. The molecule has 0 spiro atoms. The number of amides is 2. The van der Waals surface area contributed by atoms with E-state index in [2.05, 4.69) is 20.8 Å². The van der Waals surface area contributed by atoms with Crippen LogP contribution in [0.5, 0.6) is 11.5 Å². The Bertz CT molecular complexity index is 1340. The molecule has 1 aliphatic rings. The summed E-state index contributed by atoms with van der Waals surface area (Å²) in [7, 11) is 3.02. The molecule has 2 amide bonds. The molecule has 0 radical (unpaired) electrons. The van der Waals surface area contributed by atoms with Gasteiger partial charge in [0.2, 0.25) is 11.0 Å². The van der Waals surface area contributed by atoms with Crippen molar-refractivity contribution in [2.45, 2.75) is 49.1 Å². The normalized spacial score (nSPS) is 13.3. The minimum Gasteiger partial charge on any atom is -0.493 e. The van der Waals surface area contributed by atoms with Crippen LogP contribution in [0.2, 0.25) is 0 Å². The van der Waals surface area contributed by atoms with Gasteiger partial charge in [0.15, 0.2) is 15.8 Å². The van der Waals surface area contributed by atoms with Crippen LogP contribution in [0.15, 0.2) is 22.5 Å². The summed E-state index contributed by atoms with van der Waals surface area (Å²) >= 11 is 3.83. The molecule has 13 heteroatoms. The van der Waals surface area contributed by atoms with Gasteiger partial charge in [0.25, 0.3) is 5.91 Å². The highest BCUT2D eigenvalue weighted by Gasteiger charge is 2.28. The van der Waals surface area contributed by atoms with Crippen molar-refractivity contribution < 1.29 is 28.6 Å². The molecule has 2 N–H and O–H groups in total. The third kappa shape index (κ3) is 6.27. The van der Waals surface area contributed by atoms with Gasteiger partial charge in [-0.2, -0.15) is 0 Å². The monoisotopic (exact) mass is 576 g/mol. The number of anilines is 2. The molecule has 1 aliphatic carbocycles. The van der Waals surface area contributed by atoms with Crippen LogP contribution in [0.1, 0.15) is 57.8 Å². The molecule has 4 rings (SSSR count). The van der Waals surface area contributed by atoms with E-state index in [1.165, 1.54) is 37.3 Å². The molecule has 0 saturated carbocycles. The molecule has 1 unspecified atom stereocenters. The lowest BCUT2D eigenvalue weighted by Gasteiger charge is -2.13. The molecule has 38 heavy (non-hydrogen) atoms. The lowest BCUT2D eigenvalue weighted by atomic mass is 9.95. The van der Waals surface area contributed by atoms with E-state index in [1.54, 1.807) is 32.0 Å². The second kappa shape index (κ2) is 12.6. The average Bonchev–Trinajstić information content (AvgIpc) is 3.51. The Balaban J connectivity index is 1.40. The topological polar surface area (TPSA) is 129 Å². The lowest BCUT2D eigenvalue weighted by molar-refractivity contribution is -0.115. The summed E-state index contributed by atoms with van der Waals surface area (Å²) in [5.74, 6) is -0.0847. The van der Waals surface area contributed by atoms with Gasteiger partial charge in [-0.3, -0.25) is 14.9 Å². The number of methoxy groups -OCH3 is 2. The fourth-order valence-corrected chi connectivity index (χ4v) is 7.12. The van der Waals surface area contributed by atoms with Gasteiger partial charge in [0, 0.05) is 10.4 Å². The van der Waals surface area contributed by atoms with Crippen molar-refractivity contribution in [3.8, 4) is 11.5 Å². The summed E-state index contributed by atoms with van der Waals surface area (Å²) < 4.78 is 16.2. The molecule has 2 heterocycles. The number of hydrogen-bond donors (Lipinski definition) is 2. The van der Waals surface area contributed by atoms with Crippen LogP contribution in [0.3, 0.4) is 0 Å². The minimum atomic E-state index is -0.522. The number of carbonyl (C=O) groups excluding carboxylic acids is 3. The van der Waals surface area contributed by atoms with Crippen molar-refractivity contribution in [2.75, 3.05) is 31.5 Å². The fourth-order valence-electron chi connectivity index (χ4n) is 3.95. The number of ether oxygens (including phenoxy) is 3. The second-order valence-corrected chi connectivity index (χ2v) is 12.0. The Labute approximate surface area is 232 Å². The van der Waals surface area contributed by atoms with Crippen molar-refractivity contribution in [1.82, 2.24) is 10.2 Å². The van der Waals surface area contributed by atoms with E-state index in [-0.39, 0.29) is 18.4 Å². The molecule has 0 fully saturated rings. The van der Waals surface area contributed by atoms with Crippen molar-refractivity contribution in [3.05, 3.63) is 39.8 Å². The van der Waals surface area contributed by atoms with Crippen molar-refractivity contribution in [3.63, 3.8) is 0 Å². The molecule has 1 atom stereocenters. The van der Waals surface area contributed by atoms with Crippen LogP contribution in [0.25, 0.3) is 0 Å². The SMILES string of the molecule is CCOC(=O)c1c(NC(=O)C(C)Sc2nnc(NC(=O)c3ccc(OC)c(OC)c3)s2)sc2c1CCCC2. The van der Waals surface area contributed by atoms with Gasteiger partial charge in [-0.05, 0) is 63.3 Å². The van der Waals surface area contributed by atoms with E-state index in [9.17, 15) is 14.4 Å². The first-order chi connectivity index (χ1) is 18.3. The molecule has 0 saturated heterocycles. The van der Waals surface area contributed by atoms with Gasteiger partial charge in [0.1, 0.15) is 5.00 Å². The standard InChI is InChI=1S/C25H28N4O6S3/c1-5-35-23(32)19-15-8-6-7-9-18(15)37-22(19)26-20(30)13(2)36-25-29-28-24(38-25)27-21(31)14-10-11-16(33-3)17(12-14)34-4/h10-13H,5-9H2,1-4H3,(H,26,30)(H,27,28,31). The van der Waals surface area contributed by atoms with Gasteiger partial charge in [-0.25, -0.2) is 4.79 Å².